The zero-order chi connectivity index (χ0) is 50.7. The zero-order valence-corrected chi connectivity index (χ0v) is 37.5. The number of hydrogen-bond acceptors (Lipinski definition) is 27. The number of methoxy groups -OCH3 is 1. The van der Waals surface area contributed by atoms with Crippen molar-refractivity contribution in [1.82, 2.24) is 0 Å². The second-order valence-electron chi connectivity index (χ2n) is 13.0. The van der Waals surface area contributed by atoms with Crippen molar-refractivity contribution in [2.75, 3.05) is 12.8 Å². The highest BCUT2D eigenvalue weighted by Gasteiger charge is 2.30. The number of rotatable bonds is 18. The number of hydrogen-bond donors (Lipinski definition) is 9. The molecule has 0 bridgehead atoms. The summed E-state index contributed by atoms with van der Waals surface area (Å²) in [7, 11) is -15.1. The molecule has 0 aliphatic rings. The number of aromatic carboxylic acids is 1. The molecule has 6 aromatic rings. The maximum Gasteiger partial charge on any atom is 0.337 e. The first kappa shape index (κ1) is 51.3. The molecule has 69 heavy (non-hydrogen) atoms. The number of ether oxygens (including phenoxy) is 1. The average Bonchev–Trinajstić information content (AvgIpc) is 3.27. The van der Waals surface area contributed by atoms with Crippen LogP contribution in [-0.2, 0) is 49.1 Å². The van der Waals surface area contributed by atoms with E-state index in [1.807, 2.05) is 0 Å². The number of anilines is 1. The summed E-state index contributed by atoms with van der Waals surface area (Å²) in [5, 5.41) is 88.1. The van der Waals surface area contributed by atoms with Gasteiger partial charge in [-0.1, -0.05) is 10.1 Å². The second kappa shape index (κ2) is 20.2. The van der Waals surface area contributed by atoms with Gasteiger partial charge in [-0.05, 0) is 54.6 Å². The summed E-state index contributed by atoms with van der Waals surface area (Å²) in [5.74, 6) is -3.69. The topological polar surface area (TPSA) is 471 Å². The van der Waals surface area contributed by atoms with Crippen molar-refractivity contribution >= 4 is 127 Å². The van der Waals surface area contributed by atoms with Crippen LogP contribution in [0.4, 0.5) is 45.5 Å². The molecule has 0 aliphatic carbocycles. The number of phenols is 2. The van der Waals surface area contributed by atoms with E-state index in [1.165, 1.54) is 25.3 Å². The van der Waals surface area contributed by atoms with Gasteiger partial charge in [-0.25, -0.2) is 15.3 Å². The Bertz CT molecular complexity index is 3560. The lowest BCUT2D eigenvalue weighted by Gasteiger charge is -2.15. The molecule has 0 fully saturated rings. The number of nitro benzene ring substituents is 1. The minimum Gasteiger partial charge on any atom is -0.505 e. The van der Waals surface area contributed by atoms with Gasteiger partial charge < -0.3 is 25.8 Å². The van der Waals surface area contributed by atoms with Gasteiger partial charge in [0.15, 0.2) is 11.5 Å². The zero-order valence-electron chi connectivity index (χ0n) is 33.4. The first-order valence-corrected chi connectivity index (χ1v) is 23.3. The summed E-state index contributed by atoms with van der Waals surface area (Å²) in [4.78, 5) is 18.2. The van der Waals surface area contributed by atoms with Crippen molar-refractivity contribution in [3.63, 3.8) is 0 Å². The lowest BCUT2D eigenvalue weighted by Crippen LogP contribution is -2.03. The average molecular weight is 1060 g/mol. The van der Waals surface area contributed by atoms with Crippen LogP contribution in [0.2, 0.25) is 0 Å². The minimum atomic E-state index is -5.58. The highest BCUT2D eigenvalue weighted by atomic mass is 32.2. The van der Waals surface area contributed by atoms with Crippen molar-refractivity contribution in [1.29, 1.82) is 0 Å². The number of non-ortho nitro benzene ring substituents is 1. The van der Waals surface area contributed by atoms with Gasteiger partial charge in [0.25, 0.3) is 36.0 Å². The molecule has 362 valence electrons. The number of nitrogens with two attached hydrogens (primary N) is 1. The fourth-order valence-corrected chi connectivity index (χ4v) is 9.19. The van der Waals surface area contributed by atoms with Crippen molar-refractivity contribution in [3.05, 3.63) is 82.4 Å². The highest BCUT2D eigenvalue weighted by Crippen LogP contribution is 2.51. The predicted molar refractivity (Wildman–Crippen MR) is 232 cm³/mol. The van der Waals surface area contributed by atoms with Crippen molar-refractivity contribution < 1.29 is 97.9 Å². The van der Waals surface area contributed by atoms with E-state index >= 15 is 0 Å². The molecule has 0 aromatic heterocycles. The molecule has 0 atom stereocenters. The lowest BCUT2D eigenvalue weighted by molar-refractivity contribution is -0.432. The summed E-state index contributed by atoms with van der Waals surface area (Å²) in [6.45, 7) is 0. The van der Waals surface area contributed by atoms with Crippen LogP contribution < -0.4 is 10.5 Å². The molecular weight excluding hydrogens is 1030 g/mol. The Hall–Kier alpha value is -7.10. The SMILES string of the molecule is COc1ccc(N=Nc2c(S(=O)(=O)O)cc3c(S(=O)(=O)O)c(N=Nc4cc(S(=O)(=O)O)c5cc(SOOO)c(N=Nc6cc([N+](=O)[O-])ccc6C(=O)O)c(O)c5c4N)ccc3c2O)c(SOOO)c1. The lowest BCUT2D eigenvalue weighted by atomic mass is 10.0. The van der Waals surface area contributed by atoms with E-state index in [4.69, 9.17) is 21.0 Å². The van der Waals surface area contributed by atoms with Crippen LogP contribution in [0.15, 0.2) is 122 Å². The molecule has 0 aliphatic heterocycles. The van der Waals surface area contributed by atoms with Gasteiger partial charge >= 0.3 is 5.97 Å². The molecule has 35 heteroatoms. The van der Waals surface area contributed by atoms with E-state index < -0.39 is 139 Å². The van der Waals surface area contributed by atoms with Gasteiger partial charge in [-0.3, -0.25) is 23.8 Å². The third-order valence-corrected chi connectivity index (χ3v) is 12.9. The Morgan fingerprint density at radius 3 is 1.84 bits per heavy atom. The van der Waals surface area contributed by atoms with Crippen LogP contribution in [0.25, 0.3) is 21.5 Å². The number of benzene rings is 6. The molecule has 0 heterocycles. The second-order valence-corrected chi connectivity index (χ2v) is 18.6. The number of nitrogens with zero attached hydrogens (tertiary/aromatic N) is 7. The molecule has 0 unspecified atom stereocenters. The molecule has 0 amide bonds. The van der Waals surface area contributed by atoms with Gasteiger partial charge in [0.05, 0.1) is 62.5 Å². The first-order valence-electron chi connectivity index (χ1n) is 17.5. The number of azo groups is 3. The third kappa shape index (κ3) is 11.0. The smallest absolute Gasteiger partial charge is 0.337 e. The number of nitrogen functional groups attached to an aromatic ring is 1. The molecular formula is C34H24N8O22S5. The molecule has 0 saturated heterocycles. The molecule has 6 rings (SSSR count). The van der Waals surface area contributed by atoms with Crippen LogP contribution in [-0.4, -0.2) is 82.7 Å². The number of nitro groups is 1. The van der Waals surface area contributed by atoms with E-state index in [1.54, 1.807) is 0 Å². The Morgan fingerprint density at radius 2 is 1.25 bits per heavy atom. The van der Waals surface area contributed by atoms with Crippen LogP contribution >= 0.6 is 24.1 Å². The Kier molecular flexibility index (Phi) is 15.0. The van der Waals surface area contributed by atoms with Gasteiger partial charge in [-0.2, -0.15) is 25.3 Å². The number of aromatic hydroxyl groups is 2. The molecule has 0 spiro atoms. The van der Waals surface area contributed by atoms with Crippen LogP contribution in [0.1, 0.15) is 10.4 Å². The maximum absolute atomic E-state index is 13.0. The molecule has 10 N–H and O–H groups in total. The van der Waals surface area contributed by atoms with E-state index in [2.05, 4.69) is 49.4 Å². The normalized spacial score (nSPS) is 12.6. The Labute approximate surface area is 391 Å². The summed E-state index contributed by atoms with van der Waals surface area (Å²) in [5.41, 5.74) is 0.0722. The summed E-state index contributed by atoms with van der Waals surface area (Å²) in [6.07, 6.45) is 0. The van der Waals surface area contributed by atoms with E-state index in [-0.39, 0.29) is 28.4 Å². The number of carbonyl (C=O) groups is 1. The minimum absolute atomic E-state index is 0.0275. The summed E-state index contributed by atoms with van der Waals surface area (Å²) < 4.78 is 122. The van der Waals surface area contributed by atoms with E-state index in [0.717, 1.165) is 30.3 Å². The quantitative estimate of drug-likeness (QED) is 0.00741. The molecule has 30 nitrogen and oxygen atoms in total. The van der Waals surface area contributed by atoms with Crippen molar-refractivity contribution in [2.24, 2.45) is 30.7 Å². The number of fused-ring (bicyclic) bond motifs is 2. The largest absolute Gasteiger partial charge is 0.505 e. The van der Waals surface area contributed by atoms with Crippen LogP contribution in [0.3, 0.4) is 0 Å². The van der Waals surface area contributed by atoms with Crippen LogP contribution in [0.5, 0.6) is 17.2 Å². The van der Waals surface area contributed by atoms with Gasteiger partial charge in [0.1, 0.15) is 54.6 Å². The molecule has 0 radical (unpaired) electrons. The van der Waals surface area contributed by atoms with Gasteiger partial charge in [0.2, 0.25) is 0 Å². The highest BCUT2D eigenvalue weighted by molar-refractivity contribution is 7.95. The van der Waals surface area contributed by atoms with E-state index in [9.17, 15) is 69.1 Å². The van der Waals surface area contributed by atoms with Gasteiger partial charge in [-0.15, -0.1) is 39.4 Å². The fourth-order valence-electron chi connectivity index (χ4n) is 6.08. The monoisotopic (exact) mass is 1060 g/mol. The first-order chi connectivity index (χ1) is 32.4. The third-order valence-electron chi connectivity index (χ3n) is 8.97. The van der Waals surface area contributed by atoms with Crippen molar-refractivity contribution in [3.8, 4) is 17.2 Å². The number of phenolic OH excluding ortho intramolecular Hbond substituents is 2. The van der Waals surface area contributed by atoms with Crippen molar-refractivity contribution in [2.45, 2.75) is 24.5 Å². The predicted octanol–water partition coefficient (Wildman–Crippen LogP) is 8.44. The maximum atomic E-state index is 13.0. The Morgan fingerprint density at radius 1 is 0.652 bits per heavy atom. The van der Waals surface area contributed by atoms with Crippen LogP contribution in [0, 0.1) is 10.1 Å². The summed E-state index contributed by atoms with van der Waals surface area (Å²) >= 11 is 0.405. The summed E-state index contributed by atoms with van der Waals surface area (Å²) in [6, 6.07) is 9.83. The number of carboxylic acids is 1. The standard InChI is InChI=1S/C34H24N8O22S5/c1-60-14-3-6-19(23(9-14)65-63-61-49)36-41-30-26(68(54,55)56)11-17-15(31(30)43)5-7-20(33(17)69(57,58)59)37-39-22-12-25(67(51,52)53)18-10-24(66-64-62-50)29(32(44)27(18)28(22)35)40-38-21-8-13(42(47)48)2-4-16(21)34(45)46/h2-12,43-44,49-50H,35H2,1H3,(H,45,46)(H,51,52,53)(H,54,55,56)(H,57,58,59). The Balaban J connectivity index is 1.57. The van der Waals surface area contributed by atoms with Gasteiger partial charge in [0, 0.05) is 28.3 Å². The number of carboxylic acid groups (broad SMARTS) is 1. The molecule has 0 saturated carbocycles. The van der Waals surface area contributed by atoms with E-state index in [0.29, 0.717) is 30.2 Å². The molecule has 6 aromatic carbocycles. The fraction of sp³-hybridized carbons (Fsp3) is 0.0294.